The first-order valence-corrected chi connectivity index (χ1v) is 9.70. The van der Waals surface area contributed by atoms with Crippen molar-refractivity contribution < 1.29 is 28.5 Å². The van der Waals surface area contributed by atoms with E-state index in [9.17, 15) is 4.79 Å². The highest BCUT2D eigenvalue weighted by atomic mass is 16.7. The molecule has 0 unspecified atom stereocenters. The number of nitrogens with zero attached hydrogens (tertiary/aromatic N) is 1. The fourth-order valence-corrected chi connectivity index (χ4v) is 3.83. The van der Waals surface area contributed by atoms with Gasteiger partial charge in [-0.25, -0.2) is 0 Å². The zero-order valence-electron chi connectivity index (χ0n) is 16.9. The molecule has 30 heavy (non-hydrogen) atoms. The highest BCUT2D eigenvalue weighted by Crippen LogP contribution is 2.48. The normalized spacial score (nSPS) is 13.7. The minimum Gasteiger partial charge on any atom is -0.490 e. The standard InChI is InChI=1S/C23H21NO6/c1-13(2)30-18-9-22-21(28-12-29-22)8-17(18)15-5-4-14-6-19-20(27-11-26-19)7-16(14)23(15)24(3)10-25/h4-10,13H,11-12H2,1-3H3. The molecule has 0 saturated carbocycles. The number of ether oxygens (including phenoxy) is 5. The number of anilines is 1. The number of hydrogen-bond donors (Lipinski definition) is 0. The predicted octanol–water partition coefficient (Wildman–Crippen LogP) is 4.34. The summed E-state index contributed by atoms with van der Waals surface area (Å²) in [6, 6.07) is 11.5. The van der Waals surface area contributed by atoms with E-state index in [0.717, 1.165) is 34.0 Å². The van der Waals surface area contributed by atoms with Crippen molar-refractivity contribution in [2.75, 3.05) is 25.5 Å². The van der Waals surface area contributed by atoms with Crippen LogP contribution in [0, 0.1) is 0 Å². The van der Waals surface area contributed by atoms with E-state index in [1.807, 2.05) is 50.2 Å². The van der Waals surface area contributed by atoms with Gasteiger partial charge in [-0.15, -0.1) is 0 Å². The monoisotopic (exact) mass is 407 g/mol. The van der Waals surface area contributed by atoms with Gasteiger partial charge < -0.3 is 28.6 Å². The summed E-state index contributed by atoms with van der Waals surface area (Å²) in [5.41, 5.74) is 2.40. The van der Waals surface area contributed by atoms with Crippen LogP contribution in [-0.2, 0) is 4.79 Å². The Kier molecular flexibility index (Phi) is 4.31. The van der Waals surface area contributed by atoms with E-state index < -0.39 is 0 Å². The molecule has 154 valence electrons. The number of rotatable bonds is 5. The largest absolute Gasteiger partial charge is 0.490 e. The Hall–Kier alpha value is -3.61. The molecule has 0 saturated heterocycles. The van der Waals surface area contributed by atoms with E-state index in [4.69, 9.17) is 23.7 Å². The summed E-state index contributed by atoms with van der Waals surface area (Å²) >= 11 is 0. The predicted molar refractivity (Wildman–Crippen MR) is 112 cm³/mol. The molecule has 3 aromatic rings. The van der Waals surface area contributed by atoms with Crippen molar-refractivity contribution in [3.05, 3.63) is 36.4 Å². The topological polar surface area (TPSA) is 66.5 Å². The fraction of sp³-hybridized carbons (Fsp3) is 0.261. The number of amides is 1. The van der Waals surface area contributed by atoms with E-state index in [1.54, 1.807) is 11.9 Å². The summed E-state index contributed by atoms with van der Waals surface area (Å²) in [7, 11) is 1.73. The summed E-state index contributed by atoms with van der Waals surface area (Å²) in [6.45, 7) is 4.29. The van der Waals surface area contributed by atoms with Gasteiger partial charge in [0.2, 0.25) is 20.0 Å². The molecule has 2 aliphatic heterocycles. The van der Waals surface area contributed by atoms with Crippen LogP contribution in [0.4, 0.5) is 5.69 Å². The minimum atomic E-state index is -0.0364. The Balaban J connectivity index is 1.78. The average Bonchev–Trinajstić information content (AvgIpc) is 3.38. The van der Waals surface area contributed by atoms with Gasteiger partial charge in [0.25, 0.3) is 0 Å². The van der Waals surface area contributed by atoms with Crippen LogP contribution in [0.1, 0.15) is 13.8 Å². The Bertz CT molecular complexity index is 1160. The summed E-state index contributed by atoms with van der Waals surface area (Å²) < 4.78 is 28.3. The van der Waals surface area contributed by atoms with Gasteiger partial charge in [0.15, 0.2) is 23.0 Å². The van der Waals surface area contributed by atoms with Gasteiger partial charge in [0, 0.05) is 29.6 Å². The average molecular weight is 407 g/mol. The molecule has 1 amide bonds. The highest BCUT2D eigenvalue weighted by molar-refractivity contribution is 6.07. The summed E-state index contributed by atoms with van der Waals surface area (Å²) in [5, 5.41) is 1.82. The molecule has 7 nitrogen and oxygen atoms in total. The van der Waals surface area contributed by atoms with Gasteiger partial charge in [-0.2, -0.15) is 0 Å². The number of carbonyl (C=O) groups excluding carboxylic acids is 1. The van der Waals surface area contributed by atoms with E-state index in [1.165, 1.54) is 0 Å². The molecule has 2 aliphatic rings. The van der Waals surface area contributed by atoms with Crippen molar-refractivity contribution in [2.45, 2.75) is 20.0 Å². The van der Waals surface area contributed by atoms with E-state index in [0.29, 0.717) is 28.7 Å². The SMILES string of the molecule is CC(C)Oc1cc2c(cc1-c1ccc3cc4c(cc3c1N(C)C=O)OCO4)OCO2. The number of benzene rings is 3. The van der Waals surface area contributed by atoms with Crippen LogP contribution in [0.25, 0.3) is 21.9 Å². The van der Waals surface area contributed by atoms with Crippen molar-refractivity contribution in [2.24, 2.45) is 0 Å². The van der Waals surface area contributed by atoms with Gasteiger partial charge in [0.05, 0.1) is 11.8 Å². The van der Waals surface area contributed by atoms with Crippen molar-refractivity contribution in [1.29, 1.82) is 0 Å². The lowest BCUT2D eigenvalue weighted by molar-refractivity contribution is -0.107. The Morgan fingerprint density at radius 2 is 1.53 bits per heavy atom. The molecule has 0 N–H and O–H groups in total. The van der Waals surface area contributed by atoms with Crippen LogP contribution in [0.5, 0.6) is 28.7 Å². The van der Waals surface area contributed by atoms with E-state index >= 15 is 0 Å². The maximum absolute atomic E-state index is 11.8. The third-order valence-corrected chi connectivity index (χ3v) is 5.12. The smallest absolute Gasteiger partial charge is 0.231 e. The lowest BCUT2D eigenvalue weighted by atomic mass is 9.96. The minimum absolute atomic E-state index is 0.0364. The van der Waals surface area contributed by atoms with Crippen LogP contribution >= 0.6 is 0 Å². The second-order valence-electron chi connectivity index (χ2n) is 7.47. The molecule has 7 heteroatoms. The van der Waals surface area contributed by atoms with Gasteiger partial charge >= 0.3 is 0 Å². The van der Waals surface area contributed by atoms with Crippen LogP contribution in [0.15, 0.2) is 36.4 Å². The Labute approximate surface area is 173 Å². The maximum Gasteiger partial charge on any atom is 0.231 e. The van der Waals surface area contributed by atoms with E-state index in [2.05, 4.69) is 0 Å². The van der Waals surface area contributed by atoms with Gasteiger partial charge in [-0.1, -0.05) is 12.1 Å². The van der Waals surface area contributed by atoms with Crippen molar-refractivity contribution in [3.8, 4) is 39.9 Å². The third-order valence-electron chi connectivity index (χ3n) is 5.12. The van der Waals surface area contributed by atoms with Crippen molar-refractivity contribution in [3.63, 3.8) is 0 Å². The number of hydrogen-bond acceptors (Lipinski definition) is 6. The van der Waals surface area contributed by atoms with Gasteiger partial charge in [-0.05, 0) is 37.4 Å². The van der Waals surface area contributed by atoms with Gasteiger partial charge in [0.1, 0.15) is 5.75 Å². The molecular formula is C23H21NO6. The second kappa shape index (κ2) is 7.02. The molecule has 3 aromatic carbocycles. The second-order valence-corrected chi connectivity index (χ2v) is 7.47. The molecule has 0 radical (unpaired) electrons. The molecule has 0 aromatic heterocycles. The molecule has 0 spiro atoms. The zero-order valence-corrected chi connectivity index (χ0v) is 16.9. The molecule has 5 rings (SSSR count). The highest BCUT2D eigenvalue weighted by Gasteiger charge is 2.24. The Morgan fingerprint density at radius 1 is 0.900 bits per heavy atom. The summed E-state index contributed by atoms with van der Waals surface area (Å²) in [6.07, 6.45) is 0.754. The zero-order chi connectivity index (χ0) is 20.8. The van der Waals surface area contributed by atoms with Crippen molar-refractivity contribution in [1.82, 2.24) is 0 Å². The third kappa shape index (κ3) is 2.94. The van der Waals surface area contributed by atoms with Crippen LogP contribution in [0.3, 0.4) is 0 Å². The molecule has 0 fully saturated rings. The lowest BCUT2D eigenvalue weighted by Gasteiger charge is -2.22. The Morgan fingerprint density at radius 3 is 2.20 bits per heavy atom. The summed E-state index contributed by atoms with van der Waals surface area (Å²) in [4.78, 5) is 13.4. The molecule has 2 heterocycles. The van der Waals surface area contributed by atoms with Crippen LogP contribution in [-0.4, -0.2) is 33.1 Å². The maximum atomic E-state index is 11.8. The van der Waals surface area contributed by atoms with Crippen LogP contribution < -0.4 is 28.6 Å². The van der Waals surface area contributed by atoms with Crippen molar-refractivity contribution >= 4 is 22.9 Å². The fourth-order valence-electron chi connectivity index (χ4n) is 3.83. The first-order valence-electron chi connectivity index (χ1n) is 9.70. The molecule has 0 bridgehead atoms. The quantitative estimate of drug-likeness (QED) is 0.586. The van der Waals surface area contributed by atoms with Crippen LogP contribution in [0.2, 0.25) is 0 Å². The molecule has 0 aliphatic carbocycles. The first kappa shape index (κ1) is 18.4. The lowest BCUT2D eigenvalue weighted by Crippen LogP contribution is -2.15. The summed E-state index contributed by atoms with van der Waals surface area (Å²) in [5.74, 6) is 3.30. The number of fused-ring (bicyclic) bond motifs is 3. The first-order chi connectivity index (χ1) is 14.5. The number of carbonyl (C=O) groups is 1. The molecule has 0 atom stereocenters. The van der Waals surface area contributed by atoms with E-state index in [-0.39, 0.29) is 19.7 Å². The van der Waals surface area contributed by atoms with Gasteiger partial charge in [-0.3, -0.25) is 4.79 Å². The molecular weight excluding hydrogens is 386 g/mol.